The maximum Gasteiger partial charge on any atom is 0.257 e. The molecule has 0 aromatic heterocycles. The molecule has 14 heavy (non-hydrogen) atoms. The third kappa shape index (κ3) is 3.38. The summed E-state index contributed by atoms with van der Waals surface area (Å²) in [5.74, 6) is 4.51. The zero-order chi connectivity index (χ0) is 10.6. The maximum absolute atomic E-state index is 10.8. The summed E-state index contributed by atoms with van der Waals surface area (Å²) in [6, 6.07) is 4.99. The fourth-order valence-electron chi connectivity index (χ4n) is 0.891. The molecule has 1 rings (SSSR count). The first kappa shape index (κ1) is 11.0. The molecule has 5 heteroatoms. The van der Waals surface area contributed by atoms with Gasteiger partial charge in [-0.1, -0.05) is 23.2 Å². The Morgan fingerprint density at radius 2 is 1.86 bits per heavy atom. The van der Waals surface area contributed by atoms with E-state index in [-0.39, 0.29) is 5.91 Å². The van der Waals surface area contributed by atoms with Gasteiger partial charge in [-0.05, 0) is 29.8 Å². The number of halogens is 2. The quantitative estimate of drug-likeness (QED) is 0.354. The lowest BCUT2D eigenvalue weighted by Crippen LogP contribution is -2.27. The van der Waals surface area contributed by atoms with Crippen LogP contribution in [0, 0.1) is 0 Å². The van der Waals surface area contributed by atoms with Crippen LogP contribution in [0.5, 0.6) is 0 Å². The Bertz CT molecular complexity index is 357. The van der Waals surface area contributed by atoms with Gasteiger partial charge >= 0.3 is 0 Å². The van der Waals surface area contributed by atoms with Gasteiger partial charge in [0.05, 0.1) is 0 Å². The van der Waals surface area contributed by atoms with Crippen LogP contribution in [0.15, 0.2) is 24.3 Å². The number of rotatable bonds is 2. The Labute approximate surface area is 91.5 Å². The van der Waals surface area contributed by atoms with Crippen LogP contribution < -0.4 is 11.3 Å². The Kier molecular flexibility index (Phi) is 3.95. The van der Waals surface area contributed by atoms with Crippen LogP contribution in [0.25, 0.3) is 6.08 Å². The molecule has 0 aliphatic heterocycles. The zero-order valence-electron chi connectivity index (χ0n) is 7.13. The fraction of sp³-hybridized carbons (Fsp3) is 0. The van der Waals surface area contributed by atoms with Crippen molar-refractivity contribution in [2.45, 2.75) is 0 Å². The van der Waals surface area contributed by atoms with Gasteiger partial charge in [-0.25, -0.2) is 5.84 Å². The van der Waals surface area contributed by atoms with Crippen molar-refractivity contribution >= 4 is 35.2 Å². The summed E-state index contributed by atoms with van der Waals surface area (Å²) in [4.78, 5) is 10.8. The van der Waals surface area contributed by atoms with Crippen LogP contribution in [-0.2, 0) is 4.79 Å². The van der Waals surface area contributed by atoms with E-state index in [9.17, 15) is 4.79 Å². The number of hydrazine groups is 1. The molecule has 74 valence electrons. The molecule has 1 amide bonds. The summed E-state index contributed by atoms with van der Waals surface area (Å²) in [6.07, 6.45) is 2.86. The van der Waals surface area contributed by atoms with E-state index in [1.165, 1.54) is 6.08 Å². The van der Waals surface area contributed by atoms with Crippen molar-refractivity contribution in [2.24, 2.45) is 5.84 Å². The number of nitrogens with two attached hydrogens (primary N) is 1. The molecule has 1 aromatic rings. The van der Waals surface area contributed by atoms with Gasteiger partial charge in [0, 0.05) is 16.1 Å². The second-order valence-electron chi connectivity index (χ2n) is 2.54. The Hall–Kier alpha value is -1.03. The van der Waals surface area contributed by atoms with Crippen molar-refractivity contribution in [1.29, 1.82) is 0 Å². The van der Waals surface area contributed by atoms with E-state index in [0.717, 1.165) is 5.56 Å². The highest BCUT2D eigenvalue weighted by atomic mass is 35.5. The molecule has 0 spiro atoms. The normalized spacial score (nSPS) is 10.5. The number of carbonyl (C=O) groups is 1. The smallest absolute Gasteiger partial charge is 0.257 e. The summed E-state index contributed by atoms with van der Waals surface area (Å²) in [6.45, 7) is 0. The van der Waals surface area contributed by atoms with Crippen LogP contribution in [0.3, 0.4) is 0 Å². The van der Waals surface area contributed by atoms with Crippen molar-refractivity contribution in [3.8, 4) is 0 Å². The van der Waals surface area contributed by atoms with Crippen molar-refractivity contribution in [3.05, 3.63) is 39.9 Å². The molecule has 0 aliphatic carbocycles. The predicted molar refractivity (Wildman–Crippen MR) is 57.8 cm³/mol. The first-order valence-electron chi connectivity index (χ1n) is 3.76. The fourth-order valence-corrected chi connectivity index (χ4v) is 1.43. The van der Waals surface area contributed by atoms with E-state index >= 15 is 0 Å². The van der Waals surface area contributed by atoms with Gasteiger partial charge in [0.25, 0.3) is 5.91 Å². The maximum atomic E-state index is 10.8. The summed E-state index contributed by atoms with van der Waals surface area (Å²) in [5.41, 5.74) is 2.71. The molecular formula is C9H8Cl2N2O. The third-order valence-electron chi connectivity index (χ3n) is 1.45. The number of carbonyl (C=O) groups excluding carboxylic acids is 1. The Morgan fingerprint density at radius 1 is 1.29 bits per heavy atom. The van der Waals surface area contributed by atoms with E-state index in [0.29, 0.717) is 10.0 Å². The topological polar surface area (TPSA) is 55.1 Å². The highest BCUT2D eigenvalue weighted by Gasteiger charge is 1.95. The first-order valence-corrected chi connectivity index (χ1v) is 4.52. The monoisotopic (exact) mass is 230 g/mol. The molecule has 0 aliphatic rings. The van der Waals surface area contributed by atoms with Crippen LogP contribution in [0.2, 0.25) is 10.0 Å². The minimum absolute atomic E-state index is 0.388. The van der Waals surface area contributed by atoms with Crippen molar-refractivity contribution < 1.29 is 4.79 Å². The lowest BCUT2D eigenvalue weighted by molar-refractivity contribution is -0.116. The van der Waals surface area contributed by atoms with Crippen LogP contribution in [0.1, 0.15) is 5.56 Å². The van der Waals surface area contributed by atoms with Gasteiger partial charge in [-0.15, -0.1) is 0 Å². The molecule has 0 saturated heterocycles. The largest absolute Gasteiger partial charge is 0.291 e. The Balaban J connectivity index is 2.86. The predicted octanol–water partition coefficient (Wildman–Crippen LogP) is 2.00. The molecule has 0 bridgehead atoms. The Morgan fingerprint density at radius 3 is 2.36 bits per heavy atom. The van der Waals surface area contributed by atoms with Gasteiger partial charge in [-0.2, -0.15) is 0 Å². The highest BCUT2D eigenvalue weighted by molar-refractivity contribution is 6.34. The average molecular weight is 231 g/mol. The van der Waals surface area contributed by atoms with Crippen molar-refractivity contribution in [2.75, 3.05) is 0 Å². The van der Waals surface area contributed by atoms with Crippen LogP contribution >= 0.6 is 23.2 Å². The highest BCUT2D eigenvalue weighted by Crippen LogP contribution is 2.19. The molecule has 1 aromatic carbocycles. The second-order valence-corrected chi connectivity index (χ2v) is 3.42. The van der Waals surface area contributed by atoms with Gasteiger partial charge < -0.3 is 0 Å². The van der Waals surface area contributed by atoms with Gasteiger partial charge in [0.1, 0.15) is 0 Å². The molecule has 0 fully saturated rings. The molecule has 0 heterocycles. The van der Waals surface area contributed by atoms with E-state index in [4.69, 9.17) is 29.0 Å². The SMILES string of the molecule is NNC(=O)/C=C/c1cc(Cl)cc(Cl)c1. The second kappa shape index (κ2) is 5.00. The van der Waals surface area contributed by atoms with Gasteiger partial charge in [-0.3, -0.25) is 10.2 Å². The molecule has 3 nitrogen and oxygen atoms in total. The molecule has 0 saturated carbocycles. The van der Waals surface area contributed by atoms with Crippen molar-refractivity contribution in [3.63, 3.8) is 0 Å². The number of amides is 1. The summed E-state index contributed by atoms with van der Waals surface area (Å²) >= 11 is 11.5. The minimum atomic E-state index is -0.388. The molecule has 0 atom stereocenters. The zero-order valence-corrected chi connectivity index (χ0v) is 8.64. The number of benzene rings is 1. The summed E-state index contributed by atoms with van der Waals surface area (Å²) in [7, 11) is 0. The van der Waals surface area contributed by atoms with Crippen LogP contribution in [0.4, 0.5) is 0 Å². The summed E-state index contributed by atoms with van der Waals surface area (Å²) < 4.78 is 0. The molecular weight excluding hydrogens is 223 g/mol. The third-order valence-corrected chi connectivity index (χ3v) is 1.89. The summed E-state index contributed by atoms with van der Waals surface area (Å²) in [5, 5.41) is 1.04. The molecule has 3 N–H and O–H groups in total. The molecule has 0 radical (unpaired) electrons. The first-order chi connectivity index (χ1) is 6.61. The van der Waals surface area contributed by atoms with Crippen LogP contribution in [-0.4, -0.2) is 5.91 Å². The van der Waals surface area contributed by atoms with E-state index in [1.807, 2.05) is 5.43 Å². The number of nitrogens with one attached hydrogen (secondary N) is 1. The number of hydrogen-bond donors (Lipinski definition) is 2. The number of hydrogen-bond acceptors (Lipinski definition) is 2. The van der Waals surface area contributed by atoms with E-state index in [1.54, 1.807) is 24.3 Å². The average Bonchev–Trinajstić information content (AvgIpc) is 2.12. The van der Waals surface area contributed by atoms with Gasteiger partial charge in [0.15, 0.2) is 0 Å². The minimum Gasteiger partial charge on any atom is -0.291 e. The van der Waals surface area contributed by atoms with Crippen molar-refractivity contribution in [1.82, 2.24) is 5.43 Å². The lowest BCUT2D eigenvalue weighted by Gasteiger charge is -1.96. The van der Waals surface area contributed by atoms with E-state index in [2.05, 4.69) is 0 Å². The van der Waals surface area contributed by atoms with E-state index < -0.39 is 0 Å². The lowest BCUT2D eigenvalue weighted by atomic mass is 10.2. The van der Waals surface area contributed by atoms with Gasteiger partial charge in [0.2, 0.25) is 0 Å². The molecule has 0 unspecified atom stereocenters. The standard InChI is InChI=1S/C9H8Cl2N2O/c10-7-3-6(4-8(11)5-7)1-2-9(14)13-12/h1-5H,12H2,(H,13,14)/b2-1+.